The van der Waals surface area contributed by atoms with Crippen molar-refractivity contribution in [1.82, 2.24) is 14.7 Å². The van der Waals surface area contributed by atoms with Gasteiger partial charge < -0.3 is 39.3 Å². The van der Waals surface area contributed by atoms with Crippen LogP contribution in [0.1, 0.15) is 61.6 Å². The number of likely N-dealkylation sites (tertiary alicyclic amines) is 1. The van der Waals surface area contributed by atoms with E-state index < -0.39 is 23.8 Å². The van der Waals surface area contributed by atoms with Crippen LogP contribution in [-0.2, 0) is 22.8 Å². The van der Waals surface area contributed by atoms with Gasteiger partial charge in [-0.3, -0.25) is 14.5 Å². The molecule has 1 amide bonds. The van der Waals surface area contributed by atoms with E-state index in [4.69, 9.17) is 14.2 Å². The molecule has 11 nitrogen and oxygen atoms in total. The highest BCUT2D eigenvalue weighted by atomic mass is 16.7. The van der Waals surface area contributed by atoms with Gasteiger partial charge in [0.05, 0.1) is 32.3 Å². The van der Waals surface area contributed by atoms with Crippen molar-refractivity contribution in [2.45, 2.75) is 64.2 Å². The molecule has 3 N–H and O–H groups in total. The van der Waals surface area contributed by atoms with E-state index in [1.165, 1.54) is 0 Å². The molecule has 0 bridgehead atoms. The molecule has 2 aromatic rings. The summed E-state index contributed by atoms with van der Waals surface area (Å²) in [4.78, 5) is 32.8. The maximum absolute atomic E-state index is 13.8. The zero-order valence-corrected chi connectivity index (χ0v) is 26.8. The van der Waals surface area contributed by atoms with E-state index in [0.29, 0.717) is 54.4 Å². The average Bonchev–Trinajstić information content (AvgIpc) is 3.65. The van der Waals surface area contributed by atoms with E-state index in [-0.39, 0.29) is 39.1 Å². The van der Waals surface area contributed by atoms with Crippen LogP contribution in [0.15, 0.2) is 36.4 Å². The molecule has 45 heavy (non-hydrogen) atoms. The van der Waals surface area contributed by atoms with Gasteiger partial charge in [-0.05, 0) is 70.1 Å². The summed E-state index contributed by atoms with van der Waals surface area (Å²) in [6.45, 7) is 4.68. The number of fused-ring (bicyclic) bond motifs is 1. The van der Waals surface area contributed by atoms with Gasteiger partial charge in [0.15, 0.2) is 11.5 Å². The molecule has 0 aliphatic carbocycles. The number of hydrogen-bond acceptors (Lipinski definition) is 9. The molecule has 248 valence electrons. The van der Waals surface area contributed by atoms with Crippen LogP contribution in [0.5, 0.6) is 17.2 Å². The first kappa shape index (κ1) is 34.5. The van der Waals surface area contributed by atoms with E-state index in [1.807, 2.05) is 36.0 Å². The Hall–Kier alpha value is -3.38. The molecule has 0 spiro atoms. The predicted molar refractivity (Wildman–Crippen MR) is 169 cm³/mol. The predicted octanol–water partition coefficient (Wildman–Crippen LogP) is 3.31. The summed E-state index contributed by atoms with van der Waals surface area (Å²) in [5.74, 6) is -0.719. The summed E-state index contributed by atoms with van der Waals surface area (Å²) >= 11 is 0. The molecule has 11 heteroatoms. The molecule has 2 heterocycles. The van der Waals surface area contributed by atoms with Crippen molar-refractivity contribution in [3.8, 4) is 17.2 Å². The van der Waals surface area contributed by atoms with Crippen LogP contribution in [-0.4, -0.2) is 108 Å². The van der Waals surface area contributed by atoms with Crippen molar-refractivity contribution in [2.24, 2.45) is 5.92 Å². The Balaban J connectivity index is 1.58. The molecule has 0 radical (unpaired) electrons. The fraction of sp³-hybridized carbons (Fsp3) is 0.588. The van der Waals surface area contributed by atoms with Gasteiger partial charge in [0.2, 0.25) is 12.7 Å². The Kier molecular flexibility index (Phi) is 12.9. The lowest BCUT2D eigenvalue weighted by molar-refractivity contribution is -0.144. The number of carbonyl (C=O) groups excluding carboxylic acids is 1. The van der Waals surface area contributed by atoms with Crippen molar-refractivity contribution in [1.29, 1.82) is 0 Å². The SMILES string of the molecule is CCCCN(CCCCN(C)C)C(=O)CN1C[C@H](c2cc(CO)c3c(c2)OCO3)[C@@H](C(=O)O)[C@@H]1CCOc1ccccc1CO. The maximum Gasteiger partial charge on any atom is 0.308 e. The Morgan fingerprint density at radius 2 is 1.73 bits per heavy atom. The first-order valence-corrected chi connectivity index (χ1v) is 16.0. The largest absolute Gasteiger partial charge is 0.493 e. The van der Waals surface area contributed by atoms with E-state index >= 15 is 0 Å². The van der Waals surface area contributed by atoms with Crippen LogP contribution in [0.2, 0.25) is 0 Å². The summed E-state index contributed by atoms with van der Waals surface area (Å²) in [6.07, 6.45) is 4.14. The Labute approximate surface area is 266 Å². The van der Waals surface area contributed by atoms with E-state index in [9.17, 15) is 24.9 Å². The quantitative estimate of drug-likeness (QED) is 0.212. The summed E-state index contributed by atoms with van der Waals surface area (Å²) < 4.78 is 17.2. The van der Waals surface area contributed by atoms with Crippen LogP contribution < -0.4 is 14.2 Å². The molecule has 1 saturated heterocycles. The number of unbranched alkanes of at least 4 members (excludes halogenated alkanes) is 2. The second kappa shape index (κ2) is 16.8. The highest BCUT2D eigenvalue weighted by Gasteiger charge is 2.47. The van der Waals surface area contributed by atoms with Crippen molar-refractivity contribution in [2.75, 3.05) is 60.2 Å². The van der Waals surface area contributed by atoms with Gasteiger partial charge in [-0.15, -0.1) is 0 Å². The zero-order valence-electron chi connectivity index (χ0n) is 26.8. The highest BCUT2D eigenvalue weighted by molar-refractivity contribution is 5.79. The number of amides is 1. The first-order chi connectivity index (χ1) is 21.8. The fourth-order valence-electron chi connectivity index (χ4n) is 6.41. The minimum Gasteiger partial charge on any atom is -0.493 e. The summed E-state index contributed by atoms with van der Waals surface area (Å²) in [5.41, 5.74) is 1.93. The summed E-state index contributed by atoms with van der Waals surface area (Å²) in [5, 5.41) is 30.4. The van der Waals surface area contributed by atoms with E-state index in [1.54, 1.807) is 24.3 Å². The number of aliphatic hydroxyl groups excluding tert-OH is 2. The van der Waals surface area contributed by atoms with Gasteiger partial charge in [0, 0.05) is 42.7 Å². The zero-order chi connectivity index (χ0) is 32.3. The van der Waals surface area contributed by atoms with Crippen molar-refractivity contribution < 1.29 is 39.1 Å². The fourth-order valence-corrected chi connectivity index (χ4v) is 6.41. The number of carbonyl (C=O) groups is 2. The van der Waals surface area contributed by atoms with Gasteiger partial charge in [0.25, 0.3) is 0 Å². The molecule has 3 atom stereocenters. The maximum atomic E-state index is 13.8. The molecular weight excluding hydrogens is 578 g/mol. The number of hydrogen-bond donors (Lipinski definition) is 3. The Morgan fingerprint density at radius 3 is 2.44 bits per heavy atom. The second-order valence-electron chi connectivity index (χ2n) is 12.2. The molecule has 4 rings (SSSR count). The van der Waals surface area contributed by atoms with Gasteiger partial charge in [-0.25, -0.2) is 0 Å². The third-order valence-electron chi connectivity index (χ3n) is 8.77. The van der Waals surface area contributed by atoms with Crippen LogP contribution in [0.25, 0.3) is 0 Å². The molecule has 1 fully saturated rings. The Morgan fingerprint density at radius 1 is 1.00 bits per heavy atom. The van der Waals surface area contributed by atoms with Crippen LogP contribution in [0.3, 0.4) is 0 Å². The number of para-hydroxylation sites is 1. The van der Waals surface area contributed by atoms with E-state index in [0.717, 1.165) is 37.8 Å². The molecule has 2 aliphatic heterocycles. The normalized spacial score (nSPS) is 19.3. The van der Waals surface area contributed by atoms with Crippen LogP contribution in [0, 0.1) is 5.92 Å². The van der Waals surface area contributed by atoms with Crippen LogP contribution >= 0.6 is 0 Å². The number of rotatable bonds is 18. The van der Waals surface area contributed by atoms with Crippen molar-refractivity contribution in [3.05, 3.63) is 53.1 Å². The van der Waals surface area contributed by atoms with Gasteiger partial charge in [-0.1, -0.05) is 31.5 Å². The standard InChI is InChI=1S/C34H49N3O8/c1-4-5-14-36(15-9-8-13-35(2)3)31(40)20-37-19-27(25-17-26(22-39)33-30(18-25)44-23-45-33)32(34(41)42)28(37)12-16-43-29-11-7-6-10-24(29)21-38/h6-7,10-11,17-18,27-28,32,38-39H,4-5,8-9,12-16,19-23H2,1-3H3,(H,41,42)/t27-,28+,32-/m1/s1. The number of aliphatic carboxylic acids is 1. The average molecular weight is 628 g/mol. The lowest BCUT2D eigenvalue weighted by Crippen LogP contribution is -2.45. The monoisotopic (exact) mass is 627 g/mol. The molecule has 0 unspecified atom stereocenters. The minimum atomic E-state index is -0.953. The van der Waals surface area contributed by atoms with Gasteiger partial charge in [0.1, 0.15) is 5.75 Å². The lowest BCUT2D eigenvalue weighted by Gasteiger charge is -2.30. The third-order valence-corrected chi connectivity index (χ3v) is 8.77. The van der Waals surface area contributed by atoms with Gasteiger partial charge in [-0.2, -0.15) is 0 Å². The molecular formula is C34H49N3O8. The topological polar surface area (TPSA) is 132 Å². The number of carboxylic acid groups (broad SMARTS) is 1. The van der Waals surface area contributed by atoms with Crippen LogP contribution in [0.4, 0.5) is 0 Å². The highest BCUT2D eigenvalue weighted by Crippen LogP contribution is 2.44. The second-order valence-corrected chi connectivity index (χ2v) is 12.2. The molecule has 2 aliphatic rings. The summed E-state index contributed by atoms with van der Waals surface area (Å²) in [6, 6.07) is 10.3. The smallest absolute Gasteiger partial charge is 0.308 e. The molecule has 0 saturated carbocycles. The van der Waals surface area contributed by atoms with Gasteiger partial charge >= 0.3 is 5.97 Å². The van der Waals surface area contributed by atoms with Crippen molar-refractivity contribution in [3.63, 3.8) is 0 Å². The lowest BCUT2D eigenvalue weighted by atomic mass is 9.83. The third kappa shape index (κ3) is 8.88. The number of benzene rings is 2. The minimum absolute atomic E-state index is 0.00336. The summed E-state index contributed by atoms with van der Waals surface area (Å²) in [7, 11) is 4.08. The number of ether oxygens (including phenoxy) is 3. The Bertz CT molecular complexity index is 1270. The first-order valence-electron chi connectivity index (χ1n) is 16.0. The molecule has 0 aromatic heterocycles. The number of carboxylic acids is 1. The number of aliphatic hydroxyl groups is 2. The number of nitrogens with zero attached hydrogens (tertiary/aromatic N) is 3. The molecule has 2 aromatic carbocycles. The van der Waals surface area contributed by atoms with E-state index in [2.05, 4.69) is 11.8 Å². The van der Waals surface area contributed by atoms with Crippen molar-refractivity contribution >= 4 is 11.9 Å².